The Labute approximate surface area is 104 Å². The zero-order valence-electron chi connectivity index (χ0n) is 9.37. The smallest absolute Gasteiger partial charge is 0.126 e. The molecular formula is C13H16BrNO. The Hall–Kier alpha value is -0.540. The van der Waals surface area contributed by atoms with Gasteiger partial charge in [-0.1, -0.05) is 22.0 Å². The molecule has 1 aromatic rings. The lowest BCUT2D eigenvalue weighted by Crippen LogP contribution is -2.42. The Morgan fingerprint density at radius 3 is 2.88 bits per heavy atom. The van der Waals surface area contributed by atoms with Gasteiger partial charge in [-0.05, 0) is 37.8 Å². The van der Waals surface area contributed by atoms with Crippen molar-refractivity contribution in [2.75, 3.05) is 0 Å². The Kier molecular flexibility index (Phi) is 2.30. The lowest BCUT2D eigenvalue weighted by Gasteiger charge is -2.39. The summed E-state index contributed by atoms with van der Waals surface area (Å²) in [5.41, 5.74) is 7.33. The summed E-state index contributed by atoms with van der Waals surface area (Å²) >= 11 is 3.48. The van der Waals surface area contributed by atoms with E-state index in [0.717, 1.165) is 22.2 Å². The van der Waals surface area contributed by atoms with Crippen LogP contribution in [-0.4, -0.2) is 5.60 Å². The van der Waals surface area contributed by atoms with E-state index in [4.69, 9.17) is 10.5 Å². The van der Waals surface area contributed by atoms with Gasteiger partial charge < -0.3 is 10.5 Å². The number of hydrogen-bond acceptors (Lipinski definition) is 2. The molecule has 1 aliphatic carbocycles. The number of fused-ring (bicyclic) bond motifs is 1. The van der Waals surface area contributed by atoms with E-state index in [2.05, 4.69) is 28.9 Å². The van der Waals surface area contributed by atoms with E-state index in [9.17, 15) is 0 Å². The van der Waals surface area contributed by atoms with Gasteiger partial charge in [0.25, 0.3) is 0 Å². The Bertz CT molecular complexity index is 430. The number of benzene rings is 1. The van der Waals surface area contributed by atoms with Gasteiger partial charge in [0.2, 0.25) is 0 Å². The maximum Gasteiger partial charge on any atom is 0.126 e. The zero-order chi connectivity index (χ0) is 11.3. The third kappa shape index (κ3) is 1.66. The molecule has 2 N–H and O–H groups in total. The van der Waals surface area contributed by atoms with E-state index >= 15 is 0 Å². The van der Waals surface area contributed by atoms with Gasteiger partial charge in [0.1, 0.15) is 11.4 Å². The molecule has 1 heterocycles. The van der Waals surface area contributed by atoms with Crippen LogP contribution in [0.1, 0.15) is 37.8 Å². The molecule has 1 saturated carbocycles. The van der Waals surface area contributed by atoms with Crippen molar-refractivity contribution in [2.45, 2.75) is 37.8 Å². The van der Waals surface area contributed by atoms with Gasteiger partial charge in [0.15, 0.2) is 0 Å². The second-order valence-electron chi connectivity index (χ2n) is 5.18. The molecule has 0 radical (unpaired) electrons. The molecule has 0 amide bonds. The molecule has 3 heteroatoms. The molecule has 0 aromatic heterocycles. The molecule has 2 nitrogen and oxygen atoms in total. The monoisotopic (exact) mass is 281 g/mol. The average Bonchev–Trinajstić information content (AvgIpc) is 2.99. The number of halogens is 1. The largest absolute Gasteiger partial charge is 0.487 e. The highest BCUT2D eigenvalue weighted by atomic mass is 79.9. The summed E-state index contributed by atoms with van der Waals surface area (Å²) < 4.78 is 7.24. The molecule has 0 saturated heterocycles. The number of nitrogens with two attached hydrogens (primary N) is 1. The van der Waals surface area contributed by atoms with Gasteiger partial charge in [0.05, 0.1) is 0 Å². The summed E-state index contributed by atoms with van der Waals surface area (Å²) in [6, 6.07) is 6.25. The fraction of sp³-hybridized carbons (Fsp3) is 0.538. The van der Waals surface area contributed by atoms with Gasteiger partial charge in [-0.3, -0.25) is 0 Å². The first-order valence-electron chi connectivity index (χ1n) is 5.82. The van der Waals surface area contributed by atoms with Gasteiger partial charge in [0, 0.05) is 22.5 Å². The van der Waals surface area contributed by atoms with Crippen molar-refractivity contribution in [3.8, 4) is 5.75 Å². The lowest BCUT2D eigenvalue weighted by atomic mass is 9.85. The Morgan fingerprint density at radius 1 is 1.44 bits per heavy atom. The van der Waals surface area contributed by atoms with Gasteiger partial charge in [-0.2, -0.15) is 0 Å². The van der Waals surface area contributed by atoms with Crippen LogP contribution in [0.2, 0.25) is 0 Å². The molecule has 1 aromatic carbocycles. The Balaban J connectivity index is 2.00. The number of hydrogen-bond donors (Lipinski definition) is 1. The molecule has 0 bridgehead atoms. The van der Waals surface area contributed by atoms with Gasteiger partial charge >= 0.3 is 0 Å². The Morgan fingerprint density at radius 2 is 2.19 bits per heavy atom. The van der Waals surface area contributed by atoms with E-state index in [-0.39, 0.29) is 11.6 Å². The van der Waals surface area contributed by atoms with Crippen LogP contribution in [0.4, 0.5) is 0 Å². The summed E-state index contributed by atoms with van der Waals surface area (Å²) in [6.45, 7) is 2.20. The van der Waals surface area contributed by atoms with E-state index in [1.165, 1.54) is 12.8 Å². The molecule has 0 spiro atoms. The maximum atomic E-state index is 6.24. The predicted octanol–water partition coefficient (Wildman–Crippen LogP) is 3.40. The quantitative estimate of drug-likeness (QED) is 0.856. The standard InChI is InChI=1S/C13H16BrNO/c1-13(8-2-3-8)7-11(15)10-5-4-9(14)6-12(10)16-13/h4-6,8,11H,2-3,7,15H2,1H3/t11-,13?/m1/s1. The molecule has 2 atom stereocenters. The number of ether oxygens (including phenoxy) is 1. The minimum Gasteiger partial charge on any atom is -0.487 e. The van der Waals surface area contributed by atoms with Crippen molar-refractivity contribution in [2.24, 2.45) is 11.7 Å². The molecule has 2 aliphatic rings. The molecule has 1 aliphatic heterocycles. The molecule has 3 rings (SSSR count). The normalized spacial score (nSPS) is 33.1. The molecule has 86 valence electrons. The minimum absolute atomic E-state index is 0.0484. The molecule has 16 heavy (non-hydrogen) atoms. The number of rotatable bonds is 1. The summed E-state index contributed by atoms with van der Waals surface area (Å²) in [6.07, 6.45) is 3.51. The fourth-order valence-corrected chi connectivity index (χ4v) is 3.03. The predicted molar refractivity (Wildman–Crippen MR) is 67.4 cm³/mol. The topological polar surface area (TPSA) is 35.2 Å². The first-order valence-corrected chi connectivity index (χ1v) is 6.62. The molecule has 1 fully saturated rings. The van der Waals surface area contributed by atoms with Crippen molar-refractivity contribution in [1.29, 1.82) is 0 Å². The maximum absolute atomic E-state index is 6.24. The van der Waals surface area contributed by atoms with Crippen LogP contribution in [0.25, 0.3) is 0 Å². The minimum atomic E-state index is -0.0484. The second kappa shape index (κ2) is 3.47. The molecule has 1 unspecified atom stereocenters. The third-order valence-corrected chi connectivity index (χ3v) is 4.28. The zero-order valence-corrected chi connectivity index (χ0v) is 11.0. The summed E-state index contributed by atoms with van der Waals surface area (Å²) in [5, 5.41) is 0. The SMILES string of the molecule is CC1(C2CC2)C[C@@H](N)c2ccc(Br)cc2O1. The van der Waals surface area contributed by atoms with Crippen LogP contribution in [0.15, 0.2) is 22.7 Å². The highest BCUT2D eigenvalue weighted by molar-refractivity contribution is 9.10. The second-order valence-corrected chi connectivity index (χ2v) is 6.10. The van der Waals surface area contributed by atoms with E-state index in [1.54, 1.807) is 0 Å². The first-order chi connectivity index (χ1) is 7.58. The van der Waals surface area contributed by atoms with Crippen LogP contribution >= 0.6 is 15.9 Å². The van der Waals surface area contributed by atoms with E-state index in [1.807, 2.05) is 12.1 Å². The fourth-order valence-electron chi connectivity index (χ4n) is 2.69. The average molecular weight is 282 g/mol. The van der Waals surface area contributed by atoms with Crippen LogP contribution in [0.3, 0.4) is 0 Å². The van der Waals surface area contributed by atoms with E-state index in [0.29, 0.717) is 5.92 Å². The van der Waals surface area contributed by atoms with Crippen LogP contribution in [-0.2, 0) is 0 Å². The van der Waals surface area contributed by atoms with Gasteiger partial charge in [-0.25, -0.2) is 0 Å². The lowest BCUT2D eigenvalue weighted by molar-refractivity contribution is 0.0324. The van der Waals surface area contributed by atoms with Crippen LogP contribution in [0, 0.1) is 5.92 Å². The highest BCUT2D eigenvalue weighted by Crippen LogP contribution is 2.50. The first kappa shape index (κ1) is 10.6. The van der Waals surface area contributed by atoms with Gasteiger partial charge in [-0.15, -0.1) is 0 Å². The van der Waals surface area contributed by atoms with Crippen molar-refractivity contribution in [3.05, 3.63) is 28.2 Å². The van der Waals surface area contributed by atoms with Crippen molar-refractivity contribution < 1.29 is 4.74 Å². The third-order valence-electron chi connectivity index (χ3n) is 3.78. The van der Waals surface area contributed by atoms with E-state index < -0.39 is 0 Å². The molecular weight excluding hydrogens is 266 g/mol. The summed E-state index contributed by atoms with van der Waals surface area (Å²) in [5.74, 6) is 1.66. The van der Waals surface area contributed by atoms with Crippen LogP contribution in [0.5, 0.6) is 5.75 Å². The van der Waals surface area contributed by atoms with Crippen molar-refractivity contribution >= 4 is 15.9 Å². The van der Waals surface area contributed by atoms with Crippen molar-refractivity contribution in [3.63, 3.8) is 0 Å². The van der Waals surface area contributed by atoms with Crippen molar-refractivity contribution in [1.82, 2.24) is 0 Å². The van der Waals surface area contributed by atoms with Crippen LogP contribution < -0.4 is 10.5 Å². The summed E-state index contributed by atoms with van der Waals surface area (Å²) in [4.78, 5) is 0. The highest BCUT2D eigenvalue weighted by Gasteiger charge is 2.47. The summed E-state index contributed by atoms with van der Waals surface area (Å²) in [7, 11) is 0.